The second-order valence-corrected chi connectivity index (χ2v) is 6.90. The SMILES string of the molecule is CCC1CCC(N(C)CC(O)c2cc(C)ccc2C)CC1. The maximum atomic E-state index is 10.6. The van der Waals surface area contributed by atoms with Crippen molar-refractivity contribution >= 4 is 0 Å². The molecular weight excluding hydrogens is 258 g/mol. The molecular formula is C19H31NO. The van der Waals surface area contributed by atoms with Crippen LogP contribution in [0.5, 0.6) is 0 Å². The van der Waals surface area contributed by atoms with Crippen molar-refractivity contribution in [3.63, 3.8) is 0 Å². The van der Waals surface area contributed by atoms with Crippen LogP contribution in [0, 0.1) is 19.8 Å². The molecule has 0 amide bonds. The van der Waals surface area contributed by atoms with E-state index < -0.39 is 0 Å². The lowest BCUT2D eigenvalue weighted by Gasteiger charge is -2.35. The Morgan fingerprint density at radius 2 is 1.86 bits per heavy atom. The highest BCUT2D eigenvalue weighted by Crippen LogP contribution is 2.30. The number of nitrogens with zero attached hydrogens (tertiary/aromatic N) is 1. The van der Waals surface area contributed by atoms with Crippen LogP contribution in [0.3, 0.4) is 0 Å². The number of aryl methyl sites for hydroxylation is 2. The summed E-state index contributed by atoms with van der Waals surface area (Å²) in [7, 11) is 2.17. The second kappa shape index (κ2) is 7.42. The molecule has 0 radical (unpaired) electrons. The fraction of sp³-hybridized carbons (Fsp3) is 0.684. The first kappa shape index (κ1) is 16.5. The number of aliphatic hydroxyl groups excluding tert-OH is 1. The third-order valence-electron chi connectivity index (χ3n) is 5.27. The van der Waals surface area contributed by atoms with Crippen LogP contribution in [-0.4, -0.2) is 29.6 Å². The second-order valence-electron chi connectivity index (χ2n) is 6.90. The summed E-state index contributed by atoms with van der Waals surface area (Å²) in [4.78, 5) is 2.37. The predicted octanol–water partition coefficient (Wildman–Crippen LogP) is 4.24. The van der Waals surface area contributed by atoms with E-state index in [1.54, 1.807) is 0 Å². The molecule has 1 saturated carbocycles. The Morgan fingerprint density at radius 3 is 2.48 bits per heavy atom. The highest BCUT2D eigenvalue weighted by Gasteiger charge is 2.24. The standard InChI is InChI=1S/C19H31NO/c1-5-16-8-10-17(11-9-16)20(4)13-19(21)18-12-14(2)6-7-15(18)3/h6-7,12,16-17,19,21H,5,8-11,13H2,1-4H3. The molecule has 1 aliphatic carbocycles. The Hall–Kier alpha value is -0.860. The van der Waals surface area contributed by atoms with Crippen molar-refractivity contribution in [2.45, 2.75) is 65.0 Å². The van der Waals surface area contributed by atoms with Gasteiger partial charge in [0, 0.05) is 12.6 Å². The summed E-state index contributed by atoms with van der Waals surface area (Å²) in [6.45, 7) is 7.22. The van der Waals surface area contributed by atoms with E-state index in [4.69, 9.17) is 0 Å². The Labute approximate surface area is 130 Å². The van der Waals surface area contributed by atoms with Gasteiger partial charge in [0.05, 0.1) is 6.10 Å². The molecule has 21 heavy (non-hydrogen) atoms. The van der Waals surface area contributed by atoms with E-state index in [-0.39, 0.29) is 6.10 Å². The summed E-state index contributed by atoms with van der Waals surface area (Å²) >= 11 is 0. The number of benzene rings is 1. The lowest BCUT2D eigenvalue weighted by molar-refractivity contribution is 0.0836. The van der Waals surface area contributed by atoms with Gasteiger partial charge in [-0.25, -0.2) is 0 Å². The number of aliphatic hydroxyl groups is 1. The molecule has 1 aromatic rings. The third-order valence-corrected chi connectivity index (χ3v) is 5.27. The molecule has 0 spiro atoms. The van der Waals surface area contributed by atoms with Gasteiger partial charge in [-0.05, 0) is 63.6 Å². The van der Waals surface area contributed by atoms with Crippen molar-refractivity contribution < 1.29 is 5.11 Å². The van der Waals surface area contributed by atoms with Gasteiger partial charge in [-0.3, -0.25) is 0 Å². The largest absolute Gasteiger partial charge is 0.387 e. The molecule has 2 nitrogen and oxygen atoms in total. The Kier molecular flexibility index (Phi) is 5.83. The molecule has 0 aromatic heterocycles. The minimum Gasteiger partial charge on any atom is -0.387 e. The van der Waals surface area contributed by atoms with E-state index in [0.717, 1.165) is 18.0 Å². The molecule has 2 rings (SSSR count). The maximum Gasteiger partial charge on any atom is 0.0919 e. The van der Waals surface area contributed by atoms with Gasteiger partial charge in [0.15, 0.2) is 0 Å². The highest BCUT2D eigenvalue weighted by atomic mass is 16.3. The average molecular weight is 289 g/mol. The van der Waals surface area contributed by atoms with Crippen molar-refractivity contribution in [2.24, 2.45) is 5.92 Å². The minimum absolute atomic E-state index is 0.376. The van der Waals surface area contributed by atoms with E-state index in [0.29, 0.717) is 6.04 Å². The number of hydrogen-bond acceptors (Lipinski definition) is 2. The van der Waals surface area contributed by atoms with Crippen LogP contribution in [0.2, 0.25) is 0 Å². The molecule has 1 fully saturated rings. The number of hydrogen-bond donors (Lipinski definition) is 1. The summed E-state index contributed by atoms with van der Waals surface area (Å²) in [6.07, 6.45) is 6.22. The van der Waals surface area contributed by atoms with Gasteiger partial charge < -0.3 is 10.0 Å². The summed E-state index contributed by atoms with van der Waals surface area (Å²) in [5.74, 6) is 0.929. The first-order valence-electron chi connectivity index (χ1n) is 8.46. The average Bonchev–Trinajstić information content (AvgIpc) is 2.49. The lowest BCUT2D eigenvalue weighted by atomic mass is 9.84. The molecule has 118 valence electrons. The zero-order valence-electron chi connectivity index (χ0n) is 14.1. The highest BCUT2D eigenvalue weighted by molar-refractivity contribution is 5.32. The number of rotatable bonds is 5. The monoisotopic (exact) mass is 289 g/mol. The van der Waals surface area contributed by atoms with Crippen LogP contribution in [0.15, 0.2) is 18.2 Å². The first-order chi connectivity index (χ1) is 10.0. The van der Waals surface area contributed by atoms with E-state index in [2.05, 4.69) is 50.9 Å². The quantitative estimate of drug-likeness (QED) is 0.876. The van der Waals surface area contributed by atoms with Crippen LogP contribution in [0.4, 0.5) is 0 Å². The van der Waals surface area contributed by atoms with Gasteiger partial charge in [0.2, 0.25) is 0 Å². The molecule has 0 bridgehead atoms. The van der Waals surface area contributed by atoms with Crippen LogP contribution in [0.25, 0.3) is 0 Å². The zero-order chi connectivity index (χ0) is 15.4. The first-order valence-corrected chi connectivity index (χ1v) is 8.46. The third kappa shape index (κ3) is 4.31. The summed E-state index contributed by atoms with van der Waals surface area (Å²) < 4.78 is 0. The van der Waals surface area contributed by atoms with Crippen LogP contribution < -0.4 is 0 Å². The van der Waals surface area contributed by atoms with Crippen molar-refractivity contribution in [3.05, 3.63) is 34.9 Å². The van der Waals surface area contributed by atoms with Crippen molar-refractivity contribution in [1.29, 1.82) is 0 Å². The van der Waals surface area contributed by atoms with Crippen molar-refractivity contribution in [1.82, 2.24) is 4.90 Å². The lowest BCUT2D eigenvalue weighted by Crippen LogP contribution is -2.37. The van der Waals surface area contributed by atoms with Crippen LogP contribution in [0.1, 0.15) is 61.8 Å². The van der Waals surface area contributed by atoms with E-state index in [9.17, 15) is 5.11 Å². The predicted molar refractivity (Wildman–Crippen MR) is 89.5 cm³/mol. The van der Waals surface area contributed by atoms with Crippen molar-refractivity contribution in [2.75, 3.05) is 13.6 Å². The molecule has 1 aromatic carbocycles. The van der Waals surface area contributed by atoms with Gasteiger partial charge in [0.25, 0.3) is 0 Å². The van der Waals surface area contributed by atoms with Gasteiger partial charge >= 0.3 is 0 Å². The van der Waals surface area contributed by atoms with Gasteiger partial charge in [-0.15, -0.1) is 0 Å². The number of likely N-dealkylation sites (N-methyl/N-ethyl adjacent to an activating group) is 1. The molecule has 1 aliphatic rings. The van der Waals surface area contributed by atoms with Crippen molar-refractivity contribution in [3.8, 4) is 0 Å². The van der Waals surface area contributed by atoms with Gasteiger partial charge in [-0.2, -0.15) is 0 Å². The topological polar surface area (TPSA) is 23.5 Å². The minimum atomic E-state index is -0.376. The summed E-state index contributed by atoms with van der Waals surface area (Å²) in [5.41, 5.74) is 3.50. The van der Waals surface area contributed by atoms with E-state index in [1.807, 2.05) is 0 Å². The summed E-state index contributed by atoms with van der Waals surface area (Å²) in [6, 6.07) is 7.00. The molecule has 0 heterocycles. The fourth-order valence-electron chi connectivity index (χ4n) is 3.63. The molecule has 2 heteroatoms. The summed E-state index contributed by atoms with van der Waals surface area (Å²) in [5, 5.41) is 10.6. The molecule has 1 atom stereocenters. The molecule has 1 unspecified atom stereocenters. The Balaban J connectivity index is 1.93. The normalized spacial score (nSPS) is 24.3. The van der Waals surface area contributed by atoms with Gasteiger partial charge in [0.1, 0.15) is 0 Å². The van der Waals surface area contributed by atoms with Crippen LogP contribution in [-0.2, 0) is 0 Å². The van der Waals surface area contributed by atoms with Crippen LogP contribution >= 0.6 is 0 Å². The Morgan fingerprint density at radius 1 is 1.19 bits per heavy atom. The molecule has 0 saturated heterocycles. The van der Waals surface area contributed by atoms with Gasteiger partial charge in [-0.1, -0.05) is 37.1 Å². The Bertz CT molecular complexity index is 449. The van der Waals surface area contributed by atoms with E-state index >= 15 is 0 Å². The molecule has 0 aliphatic heterocycles. The maximum absolute atomic E-state index is 10.6. The van der Waals surface area contributed by atoms with E-state index in [1.165, 1.54) is 43.2 Å². The zero-order valence-corrected chi connectivity index (χ0v) is 14.1. The molecule has 1 N–H and O–H groups in total. The fourth-order valence-corrected chi connectivity index (χ4v) is 3.63. The smallest absolute Gasteiger partial charge is 0.0919 e.